The number of pyridine rings is 1. The van der Waals surface area contributed by atoms with E-state index in [1.54, 1.807) is 27.5 Å². The Kier molecular flexibility index (Phi) is 11.4. The standard InChI is InChI=1S/C24H34N4O4.HI/c1-5-25-24(27-15-17-13-20(29-2)22(31-4)21(14-17)30-3)28-16-18-9-8-12-26-23(18)32-19-10-6-7-11-19;/h8-9,12-14,19H,5-7,10-11,15-16H2,1-4H3,(H2,25,27,28);1H. The van der Waals surface area contributed by atoms with Crippen molar-refractivity contribution in [2.75, 3.05) is 27.9 Å². The summed E-state index contributed by atoms with van der Waals surface area (Å²) >= 11 is 0. The van der Waals surface area contributed by atoms with Gasteiger partial charge in [0.2, 0.25) is 11.6 Å². The number of aromatic nitrogens is 1. The summed E-state index contributed by atoms with van der Waals surface area (Å²) < 4.78 is 22.4. The van der Waals surface area contributed by atoms with E-state index in [2.05, 4.69) is 15.6 Å². The van der Waals surface area contributed by atoms with E-state index < -0.39 is 0 Å². The van der Waals surface area contributed by atoms with Crippen LogP contribution >= 0.6 is 24.0 Å². The molecule has 0 atom stereocenters. The lowest BCUT2D eigenvalue weighted by Gasteiger charge is -2.17. The molecule has 0 unspecified atom stereocenters. The molecule has 1 heterocycles. The van der Waals surface area contributed by atoms with Crippen molar-refractivity contribution in [2.24, 2.45) is 4.99 Å². The first-order chi connectivity index (χ1) is 15.7. The minimum absolute atomic E-state index is 0. The van der Waals surface area contributed by atoms with Crippen LogP contribution in [0.1, 0.15) is 43.7 Å². The molecule has 9 heteroatoms. The Balaban J connectivity index is 0.00000385. The number of hydrogen-bond acceptors (Lipinski definition) is 6. The Morgan fingerprint density at radius 3 is 2.36 bits per heavy atom. The minimum atomic E-state index is 0. The second-order valence-electron chi connectivity index (χ2n) is 7.57. The van der Waals surface area contributed by atoms with Crippen LogP contribution in [0.25, 0.3) is 0 Å². The molecule has 0 radical (unpaired) electrons. The van der Waals surface area contributed by atoms with Crippen LogP contribution in [-0.4, -0.2) is 44.9 Å². The summed E-state index contributed by atoms with van der Waals surface area (Å²) in [5.74, 6) is 3.20. The number of rotatable bonds is 10. The van der Waals surface area contributed by atoms with Crippen LogP contribution < -0.4 is 29.6 Å². The third-order valence-electron chi connectivity index (χ3n) is 5.37. The van der Waals surface area contributed by atoms with Gasteiger partial charge in [0, 0.05) is 24.8 Å². The highest BCUT2D eigenvalue weighted by atomic mass is 127. The van der Waals surface area contributed by atoms with E-state index in [1.807, 2.05) is 31.2 Å². The van der Waals surface area contributed by atoms with Crippen molar-refractivity contribution in [3.63, 3.8) is 0 Å². The zero-order valence-corrected chi connectivity index (χ0v) is 22.2. The van der Waals surface area contributed by atoms with Gasteiger partial charge in [0.05, 0.1) is 27.9 Å². The van der Waals surface area contributed by atoms with Crippen LogP contribution in [0.4, 0.5) is 0 Å². The van der Waals surface area contributed by atoms with Crippen molar-refractivity contribution in [1.29, 1.82) is 0 Å². The van der Waals surface area contributed by atoms with Gasteiger partial charge in [-0.05, 0) is 56.4 Å². The van der Waals surface area contributed by atoms with E-state index in [0.717, 1.165) is 30.5 Å². The maximum absolute atomic E-state index is 6.15. The zero-order valence-electron chi connectivity index (χ0n) is 19.8. The highest BCUT2D eigenvalue weighted by molar-refractivity contribution is 14.0. The first kappa shape index (κ1) is 26.8. The molecule has 0 aliphatic heterocycles. The molecule has 2 aromatic rings. The van der Waals surface area contributed by atoms with Gasteiger partial charge < -0.3 is 29.6 Å². The highest BCUT2D eigenvalue weighted by Crippen LogP contribution is 2.38. The third kappa shape index (κ3) is 7.55. The molecule has 182 valence electrons. The maximum Gasteiger partial charge on any atom is 0.218 e. The number of aliphatic imine (C=N–C) groups is 1. The molecule has 1 fully saturated rings. The molecule has 1 saturated carbocycles. The summed E-state index contributed by atoms with van der Waals surface area (Å²) in [4.78, 5) is 9.17. The van der Waals surface area contributed by atoms with Gasteiger partial charge in [-0.15, -0.1) is 24.0 Å². The normalized spacial score (nSPS) is 13.8. The van der Waals surface area contributed by atoms with E-state index in [1.165, 1.54) is 12.8 Å². The molecule has 0 amide bonds. The number of methoxy groups -OCH3 is 3. The highest BCUT2D eigenvalue weighted by Gasteiger charge is 2.18. The zero-order chi connectivity index (χ0) is 22.8. The second kappa shape index (κ2) is 14.0. The topological polar surface area (TPSA) is 86.2 Å². The summed E-state index contributed by atoms with van der Waals surface area (Å²) in [6.07, 6.45) is 6.69. The largest absolute Gasteiger partial charge is 0.493 e. The molecular formula is C24H35IN4O4. The van der Waals surface area contributed by atoms with Crippen LogP contribution in [0.5, 0.6) is 23.1 Å². The number of nitrogens with one attached hydrogen (secondary N) is 2. The van der Waals surface area contributed by atoms with E-state index in [0.29, 0.717) is 42.2 Å². The molecule has 0 bridgehead atoms. The molecule has 0 saturated heterocycles. The van der Waals surface area contributed by atoms with Crippen molar-refractivity contribution in [3.8, 4) is 23.1 Å². The number of nitrogens with zero attached hydrogens (tertiary/aromatic N) is 2. The molecule has 1 aromatic heterocycles. The van der Waals surface area contributed by atoms with Gasteiger partial charge in [-0.25, -0.2) is 9.98 Å². The Morgan fingerprint density at radius 2 is 1.76 bits per heavy atom. The van der Waals surface area contributed by atoms with Crippen LogP contribution in [-0.2, 0) is 13.1 Å². The summed E-state index contributed by atoms with van der Waals surface area (Å²) in [5, 5.41) is 6.67. The Morgan fingerprint density at radius 1 is 1.06 bits per heavy atom. The lowest BCUT2D eigenvalue weighted by molar-refractivity contribution is 0.199. The predicted octanol–water partition coefficient (Wildman–Crippen LogP) is 4.30. The Labute approximate surface area is 213 Å². The SMILES string of the molecule is CCNC(=NCc1cc(OC)c(OC)c(OC)c1)NCc1cccnc1OC1CCCC1.I. The van der Waals surface area contributed by atoms with Crippen molar-refractivity contribution in [2.45, 2.75) is 51.8 Å². The molecule has 33 heavy (non-hydrogen) atoms. The number of guanidine groups is 1. The average molecular weight is 570 g/mol. The Hall–Kier alpha value is -2.43. The summed E-state index contributed by atoms with van der Waals surface area (Å²) in [5.41, 5.74) is 1.96. The third-order valence-corrected chi connectivity index (χ3v) is 5.37. The summed E-state index contributed by atoms with van der Waals surface area (Å²) in [6.45, 7) is 3.80. The molecular weight excluding hydrogens is 535 g/mol. The van der Waals surface area contributed by atoms with E-state index >= 15 is 0 Å². The molecule has 2 N–H and O–H groups in total. The first-order valence-corrected chi connectivity index (χ1v) is 11.1. The number of hydrogen-bond donors (Lipinski definition) is 2. The van der Waals surface area contributed by atoms with Gasteiger partial charge >= 0.3 is 0 Å². The molecule has 1 aromatic carbocycles. The second-order valence-corrected chi connectivity index (χ2v) is 7.57. The minimum Gasteiger partial charge on any atom is -0.493 e. The number of ether oxygens (including phenoxy) is 4. The van der Waals surface area contributed by atoms with Crippen molar-refractivity contribution in [1.82, 2.24) is 15.6 Å². The van der Waals surface area contributed by atoms with E-state index in [9.17, 15) is 0 Å². The van der Waals surface area contributed by atoms with Gasteiger partial charge in [0.15, 0.2) is 17.5 Å². The van der Waals surface area contributed by atoms with Gasteiger partial charge in [-0.1, -0.05) is 6.07 Å². The van der Waals surface area contributed by atoms with E-state index in [-0.39, 0.29) is 30.1 Å². The molecule has 1 aliphatic rings. The molecule has 3 rings (SSSR count). The van der Waals surface area contributed by atoms with Gasteiger partial charge in [-0.3, -0.25) is 0 Å². The van der Waals surface area contributed by atoms with Gasteiger partial charge in [0.25, 0.3) is 0 Å². The quantitative estimate of drug-likeness (QED) is 0.250. The van der Waals surface area contributed by atoms with E-state index in [4.69, 9.17) is 23.9 Å². The van der Waals surface area contributed by atoms with Crippen molar-refractivity contribution < 1.29 is 18.9 Å². The van der Waals surface area contributed by atoms with Crippen LogP contribution in [0.2, 0.25) is 0 Å². The van der Waals surface area contributed by atoms with Crippen LogP contribution in [0, 0.1) is 0 Å². The summed E-state index contributed by atoms with van der Waals surface area (Å²) in [7, 11) is 4.80. The first-order valence-electron chi connectivity index (χ1n) is 11.1. The van der Waals surface area contributed by atoms with Crippen LogP contribution in [0.3, 0.4) is 0 Å². The predicted molar refractivity (Wildman–Crippen MR) is 140 cm³/mol. The molecule has 1 aliphatic carbocycles. The lowest BCUT2D eigenvalue weighted by atomic mass is 10.2. The fourth-order valence-electron chi connectivity index (χ4n) is 3.75. The Bertz CT molecular complexity index is 879. The molecule has 0 spiro atoms. The number of halogens is 1. The smallest absolute Gasteiger partial charge is 0.218 e. The van der Waals surface area contributed by atoms with Gasteiger partial charge in [-0.2, -0.15) is 0 Å². The molecule has 8 nitrogen and oxygen atoms in total. The lowest BCUT2D eigenvalue weighted by Crippen LogP contribution is -2.37. The average Bonchev–Trinajstić information content (AvgIpc) is 3.34. The fraction of sp³-hybridized carbons (Fsp3) is 0.500. The fourth-order valence-corrected chi connectivity index (χ4v) is 3.75. The van der Waals surface area contributed by atoms with Crippen LogP contribution in [0.15, 0.2) is 35.5 Å². The number of benzene rings is 1. The summed E-state index contributed by atoms with van der Waals surface area (Å²) in [6, 6.07) is 7.78. The van der Waals surface area contributed by atoms with Gasteiger partial charge in [0.1, 0.15) is 6.10 Å². The van der Waals surface area contributed by atoms with Crippen molar-refractivity contribution in [3.05, 3.63) is 41.6 Å². The monoisotopic (exact) mass is 570 g/mol. The van der Waals surface area contributed by atoms with Crippen molar-refractivity contribution >= 4 is 29.9 Å². The maximum atomic E-state index is 6.15.